The molecule has 0 rings (SSSR count). The van der Waals surface area contributed by atoms with Crippen molar-refractivity contribution in [1.82, 2.24) is 0 Å². The van der Waals surface area contributed by atoms with Gasteiger partial charge in [0.05, 0.1) is 13.2 Å². The topological polar surface area (TPSA) is 35.5 Å². The van der Waals surface area contributed by atoms with Crippen molar-refractivity contribution in [1.29, 1.82) is 0 Å². The lowest BCUT2D eigenvalue weighted by atomic mass is 10.3. The van der Waals surface area contributed by atoms with Crippen LogP contribution in [-0.4, -0.2) is 19.2 Å². The highest BCUT2D eigenvalue weighted by Gasteiger charge is 2.12. The standard InChI is InChI=1S/C9H16O3/c1-5-11-8(7(3)4)9(10)12-6-2/h5-6H2,1-4H3. The maximum Gasteiger partial charge on any atom is 0.373 e. The fourth-order valence-corrected chi connectivity index (χ4v) is 0.748. The number of hydrogen-bond acceptors (Lipinski definition) is 3. The van der Waals surface area contributed by atoms with Gasteiger partial charge in [-0.1, -0.05) is 0 Å². The van der Waals surface area contributed by atoms with E-state index in [1.807, 2.05) is 20.8 Å². The van der Waals surface area contributed by atoms with Crippen LogP contribution < -0.4 is 0 Å². The molecular formula is C9H16O3. The van der Waals surface area contributed by atoms with Crippen LogP contribution >= 0.6 is 0 Å². The van der Waals surface area contributed by atoms with Gasteiger partial charge in [-0.3, -0.25) is 0 Å². The molecule has 0 aromatic carbocycles. The average molecular weight is 172 g/mol. The Labute approximate surface area is 73.4 Å². The van der Waals surface area contributed by atoms with Gasteiger partial charge in [0, 0.05) is 0 Å². The van der Waals surface area contributed by atoms with Gasteiger partial charge in [0.15, 0.2) is 0 Å². The van der Waals surface area contributed by atoms with Gasteiger partial charge in [0.2, 0.25) is 5.76 Å². The number of allylic oxidation sites excluding steroid dienone is 1. The maximum atomic E-state index is 11.2. The van der Waals surface area contributed by atoms with Crippen LogP contribution in [-0.2, 0) is 14.3 Å². The Morgan fingerprint density at radius 2 is 1.58 bits per heavy atom. The van der Waals surface area contributed by atoms with Gasteiger partial charge >= 0.3 is 5.97 Å². The quantitative estimate of drug-likeness (QED) is 0.369. The van der Waals surface area contributed by atoms with E-state index in [1.54, 1.807) is 6.92 Å². The number of carbonyl (C=O) groups excluding carboxylic acids is 1. The van der Waals surface area contributed by atoms with Crippen molar-refractivity contribution in [3.05, 3.63) is 11.3 Å². The highest BCUT2D eigenvalue weighted by molar-refractivity contribution is 5.86. The predicted octanol–water partition coefficient (Wildman–Crippen LogP) is 1.88. The summed E-state index contributed by atoms with van der Waals surface area (Å²) in [5.41, 5.74) is 0.843. The third-order valence-electron chi connectivity index (χ3n) is 1.20. The van der Waals surface area contributed by atoms with Gasteiger partial charge in [0.25, 0.3) is 0 Å². The summed E-state index contributed by atoms with van der Waals surface area (Å²) < 4.78 is 9.92. The Hall–Kier alpha value is -0.990. The van der Waals surface area contributed by atoms with Crippen molar-refractivity contribution in [2.45, 2.75) is 27.7 Å². The van der Waals surface area contributed by atoms with Gasteiger partial charge in [-0.15, -0.1) is 0 Å². The van der Waals surface area contributed by atoms with Crippen LogP contribution in [0.4, 0.5) is 0 Å². The van der Waals surface area contributed by atoms with E-state index in [4.69, 9.17) is 9.47 Å². The smallest absolute Gasteiger partial charge is 0.373 e. The van der Waals surface area contributed by atoms with Crippen molar-refractivity contribution in [3.8, 4) is 0 Å². The molecule has 0 radical (unpaired) electrons. The molecule has 0 aliphatic heterocycles. The largest absolute Gasteiger partial charge is 0.487 e. The van der Waals surface area contributed by atoms with E-state index in [-0.39, 0.29) is 5.97 Å². The first-order chi connectivity index (χ1) is 5.63. The molecule has 0 spiro atoms. The van der Waals surface area contributed by atoms with E-state index in [0.29, 0.717) is 19.0 Å². The van der Waals surface area contributed by atoms with Crippen LogP contribution in [0.2, 0.25) is 0 Å². The molecule has 0 aromatic rings. The van der Waals surface area contributed by atoms with E-state index in [9.17, 15) is 4.79 Å². The van der Waals surface area contributed by atoms with Crippen LogP contribution in [0.5, 0.6) is 0 Å². The maximum absolute atomic E-state index is 11.2. The van der Waals surface area contributed by atoms with Crippen molar-refractivity contribution >= 4 is 5.97 Å². The van der Waals surface area contributed by atoms with Gasteiger partial charge in [-0.25, -0.2) is 4.79 Å². The van der Waals surface area contributed by atoms with E-state index >= 15 is 0 Å². The third kappa shape index (κ3) is 3.42. The molecule has 0 saturated carbocycles. The molecule has 0 amide bonds. The Kier molecular flexibility index (Phi) is 5.17. The first-order valence-electron chi connectivity index (χ1n) is 4.10. The molecule has 0 aliphatic carbocycles. The van der Waals surface area contributed by atoms with Crippen molar-refractivity contribution in [2.75, 3.05) is 13.2 Å². The van der Waals surface area contributed by atoms with E-state index in [2.05, 4.69) is 0 Å². The molecule has 0 unspecified atom stereocenters. The van der Waals surface area contributed by atoms with Crippen LogP contribution in [0, 0.1) is 0 Å². The monoisotopic (exact) mass is 172 g/mol. The molecule has 0 bridgehead atoms. The van der Waals surface area contributed by atoms with Crippen molar-refractivity contribution in [3.63, 3.8) is 0 Å². The number of carbonyl (C=O) groups is 1. The van der Waals surface area contributed by atoms with Crippen molar-refractivity contribution in [2.24, 2.45) is 0 Å². The molecule has 0 aromatic heterocycles. The Morgan fingerprint density at radius 3 is 1.92 bits per heavy atom. The number of ether oxygens (including phenoxy) is 2. The summed E-state index contributed by atoms with van der Waals surface area (Å²) >= 11 is 0. The van der Waals surface area contributed by atoms with Gasteiger partial charge < -0.3 is 9.47 Å². The fraction of sp³-hybridized carbons (Fsp3) is 0.667. The lowest BCUT2D eigenvalue weighted by Crippen LogP contribution is -2.11. The molecule has 0 heterocycles. The Bertz CT molecular complexity index is 178. The van der Waals surface area contributed by atoms with Gasteiger partial charge in [0.1, 0.15) is 0 Å². The van der Waals surface area contributed by atoms with Crippen LogP contribution in [0.1, 0.15) is 27.7 Å². The summed E-state index contributed by atoms with van der Waals surface area (Å²) in [4.78, 5) is 11.2. The van der Waals surface area contributed by atoms with Crippen molar-refractivity contribution < 1.29 is 14.3 Å². The summed E-state index contributed by atoms with van der Waals surface area (Å²) in [5, 5.41) is 0. The first kappa shape index (κ1) is 11.0. The lowest BCUT2D eigenvalue weighted by Gasteiger charge is -2.08. The molecule has 0 N–H and O–H groups in total. The van der Waals surface area contributed by atoms with Crippen LogP contribution in [0.3, 0.4) is 0 Å². The normalized spacial score (nSPS) is 9.00. The van der Waals surface area contributed by atoms with Crippen LogP contribution in [0.25, 0.3) is 0 Å². The number of rotatable bonds is 4. The molecule has 0 atom stereocenters. The average Bonchev–Trinajstić information content (AvgIpc) is 1.99. The zero-order chi connectivity index (χ0) is 9.56. The second-order valence-electron chi connectivity index (χ2n) is 2.48. The fourth-order valence-electron chi connectivity index (χ4n) is 0.748. The zero-order valence-corrected chi connectivity index (χ0v) is 8.14. The van der Waals surface area contributed by atoms with E-state index < -0.39 is 0 Å². The highest BCUT2D eigenvalue weighted by Crippen LogP contribution is 2.07. The predicted molar refractivity (Wildman–Crippen MR) is 46.6 cm³/mol. The second kappa shape index (κ2) is 5.63. The lowest BCUT2D eigenvalue weighted by molar-refractivity contribution is -0.142. The van der Waals surface area contributed by atoms with Gasteiger partial charge in [-0.2, -0.15) is 0 Å². The molecule has 0 fully saturated rings. The van der Waals surface area contributed by atoms with Gasteiger partial charge in [-0.05, 0) is 33.3 Å². The summed E-state index contributed by atoms with van der Waals surface area (Å²) in [7, 11) is 0. The minimum atomic E-state index is -0.376. The summed E-state index contributed by atoms with van der Waals surface area (Å²) in [5.74, 6) is -0.0429. The molecule has 3 nitrogen and oxygen atoms in total. The zero-order valence-electron chi connectivity index (χ0n) is 8.14. The molecule has 12 heavy (non-hydrogen) atoms. The molecule has 3 heteroatoms. The SMILES string of the molecule is CCOC(=O)C(OCC)=C(C)C. The summed E-state index contributed by atoms with van der Waals surface area (Å²) in [6.07, 6.45) is 0. The van der Waals surface area contributed by atoms with E-state index in [1.165, 1.54) is 0 Å². The van der Waals surface area contributed by atoms with Crippen LogP contribution in [0.15, 0.2) is 11.3 Å². The molecule has 0 saturated heterocycles. The molecule has 0 aliphatic rings. The molecular weight excluding hydrogens is 156 g/mol. The number of hydrogen-bond donors (Lipinski definition) is 0. The van der Waals surface area contributed by atoms with E-state index in [0.717, 1.165) is 5.57 Å². The minimum Gasteiger partial charge on any atom is -0.487 e. The third-order valence-corrected chi connectivity index (χ3v) is 1.20. The minimum absolute atomic E-state index is 0.333. The first-order valence-corrected chi connectivity index (χ1v) is 4.10. The molecule has 70 valence electrons. The summed E-state index contributed by atoms with van der Waals surface area (Å²) in [6.45, 7) is 8.11. The highest BCUT2D eigenvalue weighted by atomic mass is 16.6. The number of esters is 1. The Morgan fingerprint density at radius 1 is 1.08 bits per heavy atom. The summed E-state index contributed by atoms with van der Waals surface area (Å²) in [6, 6.07) is 0. The Balaban J connectivity index is 4.32. The second-order valence-corrected chi connectivity index (χ2v) is 2.48.